The van der Waals surface area contributed by atoms with Gasteiger partial charge in [-0.1, -0.05) is 70.6 Å². The van der Waals surface area contributed by atoms with Crippen LogP contribution in [0.1, 0.15) is 160 Å². The number of hydrogen-bond donors (Lipinski definition) is 15. The van der Waals surface area contributed by atoms with Crippen molar-refractivity contribution < 1.29 is 109 Å². The predicted octanol–water partition coefficient (Wildman–Crippen LogP) is 3.25. The molecule has 0 radical (unpaired) electrons. The zero-order chi connectivity index (χ0) is 77.6. The van der Waals surface area contributed by atoms with Gasteiger partial charge in [0.25, 0.3) is 20.2 Å². The molecule has 1 aliphatic heterocycles. The van der Waals surface area contributed by atoms with Crippen LogP contribution in [0.4, 0.5) is 5.69 Å². The third-order valence-corrected chi connectivity index (χ3v) is 18.6. The fourth-order valence-corrected chi connectivity index (χ4v) is 12.2. The number of aryl methyl sites for hydroxylation is 1. The average molecular weight is 1490 g/mol. The van der Waals surface area contributed by atoms with E-state index in [0.717, 1.165) is 16.9 Å². The van der Waals surface area contributed by atoms with E-state index in [1.54, 1.807) is 36.4 Å². The molecule has 0 saturated carbocycles. The number of carboxylic acid groups (broad SMARTS) is 5. The molecule has 16 N–H and O–H groups in total. The molecule has 568 valence electrons. The fraction of sp³-hybridized carbons (Fsp3) is 0.515. The lowest BCUT2D eigenvalue weighted by molar-refractivity contribution is -0.140. The first-order valence-corrected chi connectivity index (χ1v) is 36.1. The molecule has 0 spiro atoms. The van der Waals surface area contributed by atoms with Crippen molar-refractivity contribution in [3.05, 3.63) is 101 Å². The number of primary amides is 1. The lowest BCUT2D eigenvalue weighted by Crippen LogP contribution is -2.59. The molecule has 7 amide bonds. The summed E-state index contributed by atoms with van der Waals surface area (Å²) in [6.45, 7) is 12.4. The second-order valence-electron chi connectivity index (χ2n) is 25.4. The highest BCUT2D eigenvalue weighted by molar-refractivity contribution is 7.86. The van der Waals surface area contributed by atoms with Crippen LogP contribution < -0.4 is 47.9 Å². The normalized spacial score (nSPS) is 15.3. The maximum Gasteiger partial charge on any atom is 0.303 e. The van der Waals surface area contributed by atoms with Crippen LogP contribution in [0.2, 0.25) is 0 Å². The largest absolute Gasteiger partial charge is 0.481 e. The van der Waals surface area contributed by atoms with Gasteiger partial charge >= 0.3 is 29.8 Å². The fourth-order valence-electron chi connectivity index (χ4n) is 11.2. The molecule has 0 unspecified atom stereocenters. The van der Waals surface area contributed by atoms with Crippen LogP contribution in [0.5, 0.6) is 0 Å². The van der Waals surface area contributed by atoms with Crippen LogP contribution in [0.25, 0.3) is 0 Å². The van der Waals surface area contributed by atoms with Gasteiger partial charge in [0.05, 0.1) is 15.8 Å². The molecular weight excluding hydrogens is 1390 g/mol. The summed E-state index contributed by atoms with van der Waals surface area (Å²) in [5.74, 6) is -14.2. The van der Waals surface area contributed by atoms with Crippen LogP contribution in [0.3, 0.4) is 0 Å². The quantitative estimate of drug-likeness (QED) is 0.0196. The lowest BCUT2D eigenvalue weighted by atomic mass is 9.77. The molecule has 2 aromatic carbocycles. The molecule has 2 aromatic rings. The van der Waals surface area contributed by atoms with E-state index in [0.29, 0.717) is 49.2 Å². The van der Waals surface area contributed by atoms with Crippen LogP contribution in [-0.2, 0) is 88.6 Å². The zero-order valence-electron chi connectivity index (χ0n) is 58.6. The molecule has 3 rings (SSSR count). The number of carbonyl (C=O) groups is 12. The zero-order valence-corrected chi connectivity index (χ0v) is 60.2. The van der Waals surface area contributed by atoms with E-state index in [9.17, 15) is 104 Å². The first-order chi connectivity index (χ1) is 48.1. The van der Waals surface area contributed by atoms with Crippen molar-refractivity contribution in [2.75, 3.05) is 31.6 Å². The van der Waals surface area contributed by atoms with Gasteiger partial charge in [-0.05, 0) is 144 Å². The molecule has 33 nitrogen and oxygen atoms in total. The van der Waals surface area contributed by atoms with E-state index < -0.39 is 190 Å². The van der Waals surface area contributed by atoms with Crippen molar-refractivity contribution in [3.8, 4) is 0 Å². The molecule has 6 atom stereocenters. The molecule has 0 aromatic heterocycles. The number of carbonyl (C=O) groups excluding carboxylic acids is 7. The van der Waals surface area contributed by atoms with Gasteiger partial charge < -0.3 is 73.4 Å². The number of nitrogens with zero attached hydrogens (tertiary/aromatic N) is 2. The molecular formula is C68H96N10O23S2. The third kappa shape index (κ3) is 29.3. The van der Waals surface area contributed by atoms with Gasteiger partial charge in [0.2, 0.25) is 41.4 Å². The SMILES string of the molecule is CCN=C(/C=C/C=C/C=C/C=C1/N(CCCCCC(=O)NCCCC[C@@H](NC(=O)[C@@H](CCC(=O)O)NC(=O)[C@@H](CCC(=O)O)NC(=O)[C@@H](CCC(=O)O)NC(=O)[C@@H](CCC(=O)O)NC(=O)[C@@H](CCC(=O)O)NC)C(N)=O)c2ccc(S(=O)(=O)O)cc2C1(C)C)C(C)(C)c1cc(S(=O)(=O)O)ccc1C. The minimum absolute atomic E-state index is 0.107. The molecule has 35 heteroatoms. The van der Waals surface area contributed by atoms with E-state index in [-0.39, 0.29) is 54.3 Å². The number of benzene rings is 2. The Labute approximate surface area is 597 Å². The standard InChI is InChI=1S/C68H96N10O23S2/c1-8-71-53(67(3,4)44-39-42(102(96,97)98)24-23-41(44)2)20-13-10-9-11-14-21-54-68(5,6)45-40-43(103(99,100)101)25-31-52(45)78(54)38-18-12-15-22-55(79)72-37-17-16-19-46(61(69)90)73-63(92)48(27-33-57(82)83)75-65(94)50(29-35-59(86)87)77-66(95)51(30-36-60(88)89)76-64(93)49(28-34-58(84)85)74-62(91)47(70-7)26-32-56(80)81/h9-11,13-14,20-21,23-25,31,39-40,46-51,70H,8,12,15-19,22,26-30,32-38H2,1-7H3,(H2,69,90)(H,72,79)(H,73,92)(H,74,91)(H,75,94)(H,76,93)(H,77,95)(H,80,81)(H,82,83)(H,84,85)(H,86,87)(H,88,89)(H,96,97,98)(H,99,100,101)/b10-9+,14-11+,20-13+,54-21+,71-53?/t46-,47-,48-,49-,50-,51-/m1/s1. The van der Waals surface area contributed by atoms with Gasteiger partial charge in [-0.15, -0.1) is 0 Å². The smallest absolute Gasteiger partial charge is 0.303 e. The third-order valence-electron chi connectivity index (χ3n) is 16.9. The monoisotopic (exact) mass is 1480 g/mol. The summed E-state index contributed by atoms with van der Waals surface area (Å²) in [5, 5.41) is 63.6. The average Bonchev–Trinajstić information content (AvgIpc) is 1.60. The number of fused-ring (bicyclic) bond motifs is 1. The lowest BCUT2D eigenvalue weighted by Gasteiger charge is -2.28. The molecule has 0 saturated heterocycles. The number of likely N-dealkylation sites (N-methyl/N-ethyl adjacent to an activating group) is 1. The number of nitrogens with one attached hydrogen (secondary N) is 7. The second kappa shape index (κ2) is 41.4. The van der Waals surface area contributed by atoms with Crippen LogP contribution in [-0.4, -0.2) is 191 Å². The van der Waals surface area contributed by atoms with Gasteiger partial charge in [-0.3, -0.25) is 71.6 Å². The van der Waals surface area contributed by atoms with Crippen molar-refractivity contribution in [3.63, 3.8) is 0 Å². The number of carboxylic acids is 5. The van der Waals surface area contributed by atoms with E-state index in [1.165, 1.54) is 31.3 Å². The van der Waals surface area contributed by atoms with Gasteiger partial charge in [0, 0.05) is 86.1 Å². The van der Waals surface area contributed by atoms with E-state index in [2.05, 4.69) is 47.1 Å². The summed E-state index contributed by atoms with van der Waals surface area (Å²) in [5.41, 5.74) is 8.51. The van der Waals surface area contributed by atoms with E-state index in [4.69, 9.17) is 10.8 Å². The number of aliphatic carboxylic acids is 5. The highest BCUT2D eigenvalue weighted by Gasteiger charge is 2.41. The number of unbranched alkanes of at least 4 members (excludes halogenated alkanes) is 3. The van der Waals surface area contributed by atoms with Crippen molar-refractivity contribution in [1.29, 1.82) is 0 Å². The van der Waals surface area contributed by atoms with Gasteiger partial charge in [-0.2, -0.15) is 16.8 Å². The molecule has 1 heterocycles. The Hall–Kier alpha value is -9.71. The Morgan fingerprint density at radius 1 is 0.553 bits per heavy atom. The summed E-state index contributed by atoms with van der Waals surface area (Å²) < 4.78 is 68.1. The van der Waals surface area contributed by atoms with Crippen molar-refractivity contribution in [2.24, 2.45) is 10.7 Å². The molecule has 0 bridgehead atoms. The number of aliphatic imine (C=N–C) groups is 1. The maximum atomic E-state index is 13.9. The predicted molar refractivity (Wildman–Crippen MR) is 376 cm³/mol. The van der Waals surface area contributed by atoms with Crippen LogP contribution >= 0.6 is 0 Å². The first kappa shape index (κ1) is 87.5. The van der Waals surface area contributed by atoms with Gasteiger partial charge in [-0.25, -0.2) is 0 Å². The molecule has 0 fully saturated rings. The van der Waals surface area contributed by atoms with E-state index in [1.807, 2.05) is 59.8 Å². The maximum absolute atomic E-state index is 13.9. The highest BCUT2D eigenvalue weighted by Crippen LogP contribution is 2.48. The number of nitrogens with two attached hydrogens (primary N) is 1. The van der Waals surface area contributed by atoms with Crippen molar-refractivity contribution in [2.45, 2.75) is 208 Å². The van der Waals surface area contributed by atoms with Gasteiger partial charge in [0.1, 0.15) is 30.2 Å². The van der Waals surface area contributed by atoms with Crippen molar-refractivity contribution in [1.82, 2.24) is 37.2 Å². The summed E-state index contributed by atoms with van der Waals surface area (Å²) in [6, 6.07) is -1.04. The number of hydrogen-bond acceptors (Lipinski definition) is 19. The minimum Gasteiger partial charge on any atom is -0.481 e. The van der Waals surface area contributed by atoms with Crippen LogP contribution in [0.15, 0.2) is 99.4 Å². The number of rotatable bonds is 47. The summed E-state index contributed by atoms with van der Waals surface area (Å²) >= 11 is 0. The highest BCUT2D eigenvalue weighted by atomic mass is 32.2. The number of amides is 7. The molecule has 0 aliphatic carbocycles. The summed E-state index contributed by atoms with van der Waals surface area (Å²) in [4.78, 5) is 158. The Kier molecular flexibility index (Phi) is 35.2. The van der Waals surface area contributed by atoms with Gasteiger partial charge in [0.15, 0.2) is 0 Å². The van der Waals surface area contributed by atoms with E-state index >= 15 is 0 Å². The Morgan fingerprint density at radius 2 is 0.981 bits per heavy atom. The number of anilines is 1. The van der Waals surface area contributed by atoms with Crippen LogP contribution in [0, 0.1) is 6.92 Å². The number of allylic oxidation sites excluding steroid dienone is 8. The first-order valence-electron chi connectivity index (χ1n) is 33.2. The summed E-state index contributed by atoms with van der Waals surface area (Å²) in [6.07, 6.45) is 8.45. The molecule has 103 heavy (non-hydrogen) atoms. The topological polar surface area (TPSA) is 541 Å². The Bertz CT molecular complexity index is 3810. The second-order valence-corrected chi connectivity index (χ2v) is 28.3. The Balaban J connectivity index is 1.68. The molecule has 1 aliphatic rings. The minimum atomic E-state index is -4.54. The Morgan fingerprint density at radius 3 is 1.43 bits per heavy atom. The summed E-state index contributed by atoms with van der Waals surface area (Å²) in [7, 11) is -7.68. The van der Waals surface area contributed by atoms with Crippen molar-refractivity contribution >= 4 is 103 Å².